The van der Waals surface area contributed by atoms with E-state index >= 15 is 0 Å². The second-order valence-electron chi connectivity index (χ2n) is 11.6. The maximum Gasteiger partial charge on any atom is 0.0717 e. The van der Waals surface area contributed by atoms with Gasteiger partial charge in [-0.3, -0.25) is 0 Å². The first-order valence-corrected chi connectivity index (χ1v) is 28.0. The largest absolute Gasteiger partial charge is 0.378 e. The Bertz CT molecular complexity index is 1520. The van der Waals surface area contributed by atoms with Crippen LogP contribution in [0, 0.1) is 0 Å². The Labute approximate surface area is 368 Å². The minimum absolute atomic E-state index is 0.607. The molecule has 2 aromatic rings. The molecule has 2 aromatic heterocycles. The summed E-state index contributed by atoms with van der Waals surface area (Å²) in [5, 5.41) is 0. The fraction of sp³-hybridized carbons (Fsp3) is 0.529. The van der Waals surface area contributed by atoms with Crippen molar-refractivity contribution in [1.82, 2.24) is 9.13 Å². The highest BCUT2D eigenvalue weighted by molar-refractivity contribution is 8.43. The van der Waals surface area contributed by atoms with Gasteiger partial charge in [0, 0.05) is 80.5 Å². The van der Waals surface area contributed by atoms with E-state index in [0.717, 1.165) is 36.1 Å². The van der Waals surface area contributed by atoms with E-state index in [1.165, 1.54) is 53.5 Å². The zero-order valence-corrected chi connectivity index (χ0v) is 39.1. The van der Waals surface area contributed by atoms with E-state index in [1.54, 1.807) is 0 Å². The van der Waals surface area contributed by atoms with E-state index in [2.05, 4.69) is 33.9 Å². The molecule has 294 valence electrons. The highest BCUT2D eigenvalue weighted by atomic mass is 32.3. The van der Waals surface area contributed by atoms with Crippen molar-refractivity contribution in [3.63, 3.8) is 0 Å². The molecule has 0 fully saturated rings. The molecule has 13 aliphatic rings. The van der Waals surface area contributed by atoms with Gasteiger partial charge in [0.2, 0.25) is 0 Å². The van der Waals surface area contributed by atoms with Crippen LogP contribution < -0.4 is 0 Å². The van der Waals surface area contributed by atoms with Crippen LogP contribution in [0.1, 0.15) is 0 Å². The Morgan fingerprint density at radius 1 is 0.296 bits per heavy atom. The zero-order chi connectivity index (χ0) is 36.4. The molecule has 13 aliphatic heterocycles. The van der Waals surface area contributed by atoms with Crippen LogP contribution in [-0.2, 0) is 41.5 Å². The molecule has 0 unspecified atom stereocenters. The van der Waals surface area contributed by atoms with Crippen molar-refractivity contribution in [2.24, 2.45) is 0 Å². The lowest BCUT2D eigenvalue weighted by Gasteiger charge is -2.09. The Morgan fingerprint density at radius 3 is 0.852 bits per heavy atom. The summed E-state index contributed by atoms with van der Waals surface area (Å²) in [5.41, 5.74) is 0. The van der Waals surface area contributed by atoms with Crippen LogP contribution in [0.4, 0.5) is 0 Å². The summed E-state index contributed by atoms with van der Waals surface area (Å²) in [6.07, 6.45) is 9.07. The van der Waals surface area contributed by atoms with Gasteiger partial charge in [-0.1, -0.05) is 94.1 Å². The number of hydrogen-bond donors (Lipinski definition) is 0. The van der Waals surface area contributed by atoms with E-state index in [9.17, 15) is 0 Å². The summed E-state index contributed by atoms with van der Waals surface area (Å²) in [5.74, 6) is 3.68. The van der Waals surface area contributed by atoms with Crippen molar-refractivity contribution >= 4 is 141 Å². The van der Waals surface area contributed by atoms with Gasteiger partial charge in [0.05, 0.1) is 113 Å². The van der Waals surface area contributed by atoms with E-state index < -0.39 is 0 Å². The molecule has 0 N–H and O–H groups in total. The molecule has 0 saturated heterocycles. The molecular weight excluding hydrogens is 917 g/mol. The topological polar surface area (TPSA) is 65.2 Å². The van der Waals surface area contributed by atoms with Crippen LogP contribution in [0.5, 0.6) is 0 Å². The molecule has 54 heavy (non-hydrogen) atoms. The standard InChI is InChI=1S/C34H40N2O6S12/c1-3-37-5-6-38-4-2-36-21-25-26(22-36)50-32(49-25)34-53-29-30(54-34)46-18-14-42-10-8-40-12-16-44-28-27(43-15-11-39-7-9-41-13-17-45-29)51-33(52-28)31-47-23-19-35(1)20-24(23)48-31/h19-22H,1-18H2. The number of ether oxygens (including phenoxy) is 6. The van der Waals surface area contributed by atoms with Crippen LogP contribution in [0.25, 0.3) is 0 Å². The number of rotatable bonds is 0. The highest BCUT2D eigenvalue weighted by Crippen LogP contribution is 2.65. The van der Waals surface area contributed by atoms with Crippen molar-refractivity contribution < 1.29 is 28.4 Å². The SMILES string of the molecule is c1c2c3cn1CCOCCOCCn1cc4c(c1)SC(=C1SC5=C(SCCOCCOCCSC6=C(SCCOCCOCCS5)SC(=C(S2)S3)S6)S1)S4. The van der Waals surface area contributed by atoms with Gasteiger partial charge in [0.25, 0.3) is 0 Å². The Balaban J connectivity index is 0.939. The molecule has 0 aromatic carbocycles. The molecule has 0 spiro atoms. The molecule has 0 amide bonds. The van der Waals surface area contributed by atoms with E-state index in [1.807, 2.05) is 141 Å². The molecule has 14 bridgehead atoms. The van der Waals surface area contributed by atoms with Crippen molar-refractivity contribution in [1.29, 1.82) is 0 Å². The lowest BCUT2D eigenvalue weighted by molar-refractivity contribution is 0.0420. The molecule has 8 nitrogen and oxygen atoms in total. The van der Waals surface area contributed by atoms with Gasteiger partial charge in [0.15, 0.2) is 0 Å². The van der Waals surface area contributed by atoms with Crippen molar-refractivity contribution in [2.45, 2.75) is 32.7 Å². The van der Waals surface area contributed by atoms with Crippen LogP contribution in [0.2, 0.25) is 0 Å². The first-order valence-electron chi connectivity index (χ1n) is 17.5. The van der Waals surface area contributed by atoms with Crippen molar-refractivity contribution in [3.05, 3.63) is 58.7 Å². The summed E-state index contributed by atoms with van der Waals surface area (Å²) >= 11 is 22.9. The summed E-state index contributed by atoms with van der Waals surface area (Å²) < 4.78 is 51.5. The first-order chi connectivity index (χ1) is 26.7. The predicted molar refractivity (Wildman–Crippen MR) is 246 cm³/mol. The molecule has 20 heteroatoms. The Hall–Kier alpha value is 1.48. The second kappa shape index (κ2) is 22.4. The third kappa shape index (κ3) is 12.1. The van der Waals surface area contributed by atoms with E-state index in [-0.39, 0.29) is 0 Å². The number of thioether (sulfide) groups is 12. The minimum Gasteiger partial charge on any atom is -0.378 e. The van der Waals surface area contributed by atoms with Gasteiger partial charge in [0.1, 0.15) is 0 Å². The summed E-state index contributed by atoms with van der Waals surface area (Å²) in [6.45, 7) is 9.56. The van der Waals surface area contributed by atoms with Gasteiger partial charge in [-0.2, -0.15) is 0 Å². The van der Waals surface area contributed by atoms with E-state index in [4.69, 9.17) is 28.4 Å². The first kappa shape index (κ1) is 42.2. The average molecular weight is 958 g/mol. The number of aromatic nitrogens is 2. The highest BCUT2D eigenvalue weighted by Gasteiger charge is 2.31. The molecule has 0 radical (unpaired) electrons. The molecule has 0 atom stereocenters. The second-order valence-corrected chi connectivity index (χ2v) is 26.4. The minimum atomic E-state index is 0.607. The third-order valence-corrected chi connectivity index (χ3v) is 24.7. The fourth-order valence-electron chi connectivity index (χ4n) is 5.25. The predicted octanol–water partition coefficient (Wildman–Crippen LogP) is 10.9. The molecular formula is C34H40N2O6S12. The maximum atomic E-state index is 6.01. The molecule has 15 heterocycles. The van der Waals surface area contributed by atoms with Crippen LogP contribution >= 0.6 is 141 Å². The van der Waals surface area contributed by atoms with Gasteiger partial charge >= 0.3 is 0 Å². The summed E-state index contributed by atoms with van der Waals surface area (Å²) in [4.78, 5) is 5.32. The van der Waals surface area contributed by atoms with Crippen LogP contribution in [0.3, 0.4) is 0 Å². The maximum absolute atomic E-state index is 6.01. The van der Waals surface area contributed by atoms with Gasteiger partial charge in [-0.15, -0.1) is 47.0 Å². The lowest BCUT2D eigenvalue weighted by Crippen LogP contribution is -2.11. The fourth-order valence-corrected chi connectivity index (χ4v) is 22.3. The lowest BCUT2D eigenvalue weighted by atomic mass is 10.6. The van der Waals surface area contributed by atoms with E-state index in [0.29, 0.717) is 79.3 Å². The quantitative estimate of drug-likeness (QED) is 0.251. The average Bonchev–Trinajstić information content (AvgIpc) is 4.01. The summed E-state index contributed by atoms with van der Waals surface area (Å²) in [7, 11) is 0. The third-order valence-electron chi connectivity index (χ3n) is 7.78. The number of nitrogens with zero attached hydrogens (tertiary/aromatic N) is 2. The van der Waals surface area contributed by atoms with Gasteiger partial charge < -0.3 is 37.6 Å². The molecule has 0 saturated carbocycles. The zero-order valence-electron chi connectivity index (χ0n) is 29.3. The Morgan fingerprint density at radius 2 is 0.556 bits per heavy atom. The molecule has 15 rings (SSSR count). The molecule has 0 aliphatic carbocycles. The number of hydrogen-bond acceptors (Lipinski definition) is 18. The van der Waals surface area contributed by atoms with Crippen molar-refractivity contribution in [2.75, 3.05) is 102 Å². The Kier molecular flexibility index (Phi) is 17.5. The monoisotopic (exact) mass is 956 g/mol. The van der Waals surface area contributed by atoms with Crippen LogP contribution in [-0.4, -0.2) is 111 Å². The normalized spacial score (nSPS) is 23.9. The van der Waals surface area contributed by atoms with Crippen LogP contribution in [0.15, 0.2) is 78.3 Å². The smallest absolute Gasteiger partial charge is 0.0717 e. The summed E-state index contributed by atoms with van der Waals surface area (Å²) in [6, 6.07) is 0. The van der Waals surface area contributed by atoms with Gasteiger partial charge in [-0.25, -0.2) is 0 Å². The van der Waals surface area contributed by atoms with Gasteiger partial charge in [-0.05, 0) is 0 Å². The van der Waals surface area contributed by atoms with Crippen molar-refractivity contribution in [3.8, 4) is 0 Å².